The van der Waals surface area contributed by atoms with Gasteiger partial charge in [0.15, 0.2) is 0 Å². The Morgan fingerprint density at radius 2 is 1.80 bits per heavy atom. The van der Waals surface area contributed by atoms with Gasteiger partial charge in [-0.1, -0.05) is 23.7 Å². The van der Waals surface area contributed by atoms with Crippen molar-refractivity contribution < 1.29 is 14.7 Å². The lowest BCUT2D eigenvalue weighted by Gasteiger charge is -2.29. The number of rotatable bonds is 3. The van der Waals surface area contributed by atoms with Crippen LogP contribution in [0.15, 0.2) is 30.3 Å². The average molecular weight is 294 g/mol. The maximum Gasteiger partial charge on any atom is 0.306 e. The van der Waals surface area contributed by atoms with Crippen LogP contribution in [0.2, 0.25) is 5.02 Å². The molecule has 0 radical (unpaired) electrons. The fourth-order valence-electron chi connectivity index (χ4n) is 2.19. The molecule has 0 aromatic heterocycles. The summed E-state index contributed by atoms with van der Waals surface area (Å²) in [6.07, 6.45) is 4.30. The molecule has 0 atom stereocenters. The topological polar surface area (TPSA) is 57.6 Å². The number of likely N-dealkylation sites (tertiary alicyclic amines) is 1. The SMILES string of the molecule is O=C(O)C1CCN(C(=O)C=Cc2ccc(Cl)cc2)CC1. The minimum atomic E-state index is -0.770. The molecule has 0 aliphatic carbocycles. The molecule has 5 heteroatoms. The van der Waals surface area contributed by atoms with Crippen LogP contribution in [0.3, 0.4) is 0 Å². The van der Waals surface area contributed by atoms with E-state index < -0.39 is 5.97 Å². The van der Waals surface area contributed by atoms with Crippen LogP contribution in [0.4, 0.5) is 0 Å². The van der Waals surface area contributed by atoms with E-state index in [1.54, 1.807) is 23.1 Å². The number of hydrogen-bond acceptors (Lipinski definition) is 2. The molecular formula is C15H16ClNO3. The monoisotopic (exact) mass is 293 g/mol. The summed E-state index contributed by atoms with van der Waals surface area (Å²) in [5.74, 6) is -1.17. The zero-order valence-electron chi connectivity index (χ0n) is 11.0. The molecule has 1 N–H and O–H groups in total. The number of amides is 1. The summed E-state index contributed by atoms with van der Waals surface area (Å²) in [6.45, 7) is 1.00. The van der Waals surface area contributed by atoms with Crippen molar-refractivity contribution >= 4 is 29.6 Å². The Bertz CT molecular complexity index is 516. The Hall–Kier alpha value is -1.81. The number of carboxylic acids is 1. The first-order valence-electron chi connectivity index (χ1n) is 6.51. The van der Waals surface area contributed by atoms with Crippen molar-refractivity contribution in [3.8, 4) is 0 Å². The molecule has 2 rings (SSSR count). The number of benzene rings is 1. The van der Waals surface area contributed by atoms with Crippen LogP contribution in [0.1, 0.15) is 18.4 Å². The van der Waals surface area contributed by atoms with E-state index in [-0.39, 0.29) is 11.8 Å². The van der Waals surface area contributed by atoms with E-state index in [0.29, 0.717) is 31.0 Å². The largest absolute Gasteiger partial charge is 0.481 e. The second-order valence-corrected chi connectivity index (χ2v) is 5.26. The van der Waals surface area contributed by atoms with Gasteiger partial charge in [-0.05, 0) is 36.6 Å². The van der Waals surface area contributed by atoms with Gasteiger partial charge in [0, 0.05) is 24.2 Å². The van der Waals surface area contributed by atoms with Gasteiger partial charge >= 0.3 is 5.97 Å². The lowest BCUT2D eigenvalue weighted by atomic mass is 9.97. The Morgan fingerprint density at radius 1 is 1.20 bits per heavy atom. The minimum Gasteiger partial charge on any atom is -0.481 e. The summed E-state index contributed by atoms with van der Waals surface area (Å²) in [6, 6.07) is 7.21. The fraction of sp³-hybridized carbons (Fsp3) is 0.333. The molecule has 20 heavy (non-hydrogen) atoms. The number of piperidine rings is 1. The van der Waals surface area contributed by atoms with Gasteiger partial charge in [0.2, 0.25) is 5.91 Å². The first kappa shape index (κ1) is 14.6. The summed E-state index contributed by atoms with van der Waals surface area (Å²) in [5.41, 5.74) is 0.906. The van der Waals surface area contributed by atoms with Crippen LogP contribution < -0.4 is 0 Å². The highest BCUT2D eigenvalue weighted by molar-refractivity contribution is 6.30. The number of carboxylic acid groups (broad SMARTS) is 1. The van der Waals surface area contributed by atoms with Crippen molar-refractivity contribution in [1.29, 1.82) is 0 Å². The van der Waals surface area contributed by atoms with Gasteiger partial charge in [-0.2, -0.15) is 0 Å². The average Bonchev–Trinajstić information content (AvgIpc) is 2.46. The van der Waals surface area contributed by atoms with E-state index in [4.69, 9.17) is 16.7 Å². The molecule has 0 bridgehead atoms. The van der Waals surface area contributed by atoms with Crippen molar-refractivity contribution in [3.05, 3.63) is 40.9 Å². The Kier molecular flexibility index (Phi) is 4.79. The molecule has 1 aliphatic heterocycles. The van der Waals surface area contributed by atoms with Gasteiger partial charge in [0.1, 0.15) is 0 Å². The molecule has 0 saturated carbocycles. The number of hydrogen-bond donors (Lipinski definition) is 1. The maximum atomic E-state index is 12.0. The number of aliphatic carboxylic acids is 1. The minimum absolute atomic E-state index is 0.0798. The van der Waals surface area contributed by atoms with Crippen LogP contribution in [-0.4, -0.2) is 35.0 Å². The second kappa shape index (κ2) is 6.57. The summed E-state index contributed by atoms with van der Waals surface area (Å²) >= 11 is 5.79. The smallest absolute Gasteiger partial charge is 0.306 e. The number of nitrogens with zero attached hydrogens (tertiary/aromatic N) is 1. The molecule has 1 fully saturated rings. The van der Waals surface area contributed by atoms with Crippen LogP contribution in [-0.2, 0) is 9.59 Å². The predicted octanol–water partition coefficient (Wildman–Crippen LogP) is 2.68. The lowest BCUT2D eigenvalue weighted by molar-refractivity contribution is -0.144. The lowest BCUT2D eigenvalue weighted by Crippen LogP contribution is -2.39. The zero-order chi connectivity index (χ0) is 14.5. The number of carbonyl (C=O) groups is 2. The van der Waals surface area contributed by atoms with Crippen LogP contribution in [0.25, 0.3) is 6.08 Å². The molecule has 1 aliphatic rings. The normalized spacial score (nSPS) is 16.6. The van der Waals surface area contributed by atoms with E-state index >= 15 is 0 Å². The van der Waals surface area contributed by atoms with Crippen molar-refractivity contribution in [2.45, 2.75) is 12.8 Å². The van der Waals surface area contributed by atoms with Gasteiger partial charge in [0.25, 0.3) is 0 Å². The Balaban J connectivity index is 1.89. The maximum absolute atomic E-state index is 12.0. The molecule has 0 unspecified atom stereocenters. The molecule has 1 amide bonds. The molecule has 1 heterocycles. The van der Waals surface area contributed by atoms with Crippen molar-refractivity contribution in [2.24, 2.45) is 5.92 Å². The molecule has 106 valence electrons. The van der Waals surface area contributed by atoms with Crippen molar-refractivity contribution in [1.82, 2.24) is 4.90 Å². The third kappa shape index (κ3) is 3.84. The molecule has 1 aromatic carbocycles. The highest BCUT2D eigenvalue weighted by Crippen LogP contribution is 2.18. The van der Waals surface area contributed by atoms with Crippen LogP contribution >= 0.6 is 11.6 Å². The highest BCUT2D eigenvalue weighted by atomic mass is 35.5. The highest BCUT2D eigenvalue weighted by Gasteiger charge is 2.25. The first-order chi connectivity index (χ1) is 9.56. The van der Waals surface area contributed by atoms with Gasteiger partial charge in [-0.3, -0.25) is 9.59 Å². The summed E-state index contributed by atoms with van der Waals surface area (Å²) in [7, 11) is 0. The summed E-state index contributed by atoms with van der Waals surface area (Å²) in [5, 5.41) is 9.57. The van der Waals surface area contributed by atoms with E-state index in [1.807, 2.05) is 12.1 Å². The predicted molar refractivity (Wildman–Crippen MR) is 77.4 cm³/mol. The summed E-state index contributed by atoms with van der Waals surface area (Å²) in [4.78, 5) is 24.5. The van der Waals surface area contributed by atoms with Gasteiger partial charge in [0.05, 0.1) is 5.92 Å². The van der Waals surface area contributed by atoms with Crippen LogP contribution in [0, 0.1) is 5.92 Å². The van der Waals surface area contributed by atoms with E-state index in [9.17, 15) is 9.59 Å². The van der Waals surface area contributed by atoms with E-state index in [2.05, 4.69) is 0 Å². The molecule has 1 saturated heterocycles. The van der Waals surface area contributed by atoms with Gasteiger partial charge in [-0.25, -0.2) is 0 Å². The molecule has 4 nitrogen and oxygen atoms in total. The van der Waals surface area contributed by atoms with Crippen molar-refractivity contribution in [3.63, 3.8) is 0 Å². The summed E-state index contributed by atoms with van der Waals surface area (Å²) < 4.78 is 0. The Labute approximate surface area is 122 Å². The standard InChI is InChI=1S/C15H16ClNO3/c16-13-4-1-11(2-5-13)3-6-14(18)17-9-7-12(8-10-17)15(19)20/h1-6,12H,7-10H2,(H,19,20). The first-order valence-corrected chi connectivity index (χ1v) is 6.89. The number of carbonyl (C=O) groups excluding carboxylic acids is 1. The van der Waals surface area contributed by atoms with Gasteiger partial charge < -0.3 is 10.0 Å². The fourth-order valence-corrected chi connectivity index (χ4v) is 2.32. The molecule has 1 aromatic rings. The third-order valence-corrected chi connectivity index (χ3v) is 3.70. The van der Waals surface area contributed by atoms with Crippen LogP contribution in [0.5, 0.6) is 0 Å². The van der Waals surface area contributed by atoms with Crippen molar-refractivity contribution in [2.75, 3.05) is 13.1 Å². The quantitative estimate of drug-likeness (QED) is 0.872. The van der Waals surface area contributed by atoms with E-state index in [1.165, 1.54) is 6.08 Å². The third-order valence-electron chi connectivity index (χ3n) is 3.44. The van der Waals surface area contributed by atoms with E-state index in [0.717, 1.165) is 5.56 Å². The number of halogens is 1. The zero-order valence-corrected chi connectivity index (χ0v) is 11.7. The molecular weight excluding hydrogens is 278 g/mol. The second-order valence-electron chi connectivity index (χ2n) is 4.82. The van der Waals surface area contributed by atoms with Gasteiger partial charge in [-0.15, -0.1) is 0 Å². The Morgan fingerprint density at radius 3 is 2.35 bits per heavy atom. The molecule has 0 spiro atoms.